The molecule has 2 heterocycles. The van der Waals surface area contributed by atoms with E-state index in [-0.39, 0.29) is 5.56 Å². The first-order valence-corrected chi connectivity index (χ1v) is 8.77. The Bertz CT molecular complexity index is 976. The molecule has 0 saturated heterocycles. The molecule has 1 aromatic heterocycles. The molecule has 6 heteroatoms. The number of fused-ring (bicyclic) bond motifs is 1. The zero-order valence-electron chi connectivity index (χ0n) is 14.8. The molecule has 3 nitrogen and oxygen atoms in total. The number of hydrogen-bond acceptors (Lipinski definition) is 3. The van der Waals surface area contributed by atoms with Crippen LogP contribution in [0.3, 0.4) is 0 Å². The zero-order valence-corrected chi connectivity index (χ0v) is 14.8. The minimum atomic E-state index is -0.886. The smallest absolute Gasteiger partial charge is 0.162 e. The molecular formula is C21H18F3N3. The second-order valence-electron chi connectivity index (χ2n) is 6.86. The molecule has 1 unspecified atom stereocenters. The Labute approximate surface area is 155 Å². The summed E-state index contributed by atoms with van der Waals surface area (Å²) in [5.74, 6) is -2.61. The second kappa shape index (κ2) is 7.12. The number of halogens is 3. The van der Waals surface area contributed by atoms with Crippen molar-refractivity contribution < 1.29 is 13.2 Å². The fourth-order valence-corrected chi connectivity index (χ4v) is 3.72. The van der Waals surface area contributed by atoms with Crippen LogP contribution in [-0.2, 0) is 6.54 Å². The Morgan fingerprint density at radius 2 is 1.85 bits per heavy atom. The molecule has 1 aliphatic heterocycles. The molecule has 0 N–H and O–H groups in total. The summed E-state index contributed by atoms with van der Waals surface area (Å²) in [4.78, 5) is 2.09. The lowest BCUT2D eigenvalue weighted by molar-refractivity contribution is 0.327. The van der Waals surface area contributed by atoms with E-state index in [2.05, 4.69) is 15.1 Å². The maximum Gasteiger partial charge on any atom is 0.162 e. The van der Waals surface area contributed by atoms with Crippen LogP contribution in [-0.4, -0.2) is 28.7 Å². The van der Waals surface area contributed by atoms with E-state index in [1.54, 1.807) is 24.3 Å². The van der Waals surface area contributed by atoms with Gasteiger partial charge < -0.3 is 4.90 Å². The number of benzene rings is 2. The molecule has 27 heavy (non-hydrogen) atoms. The van der Waals surface area contributed by atoms with E-state index in [1.807, 2.05) is 7.05 Å². The fourth-order valence-electron chi connectivity index (χ4n) is 3.72. The molecule has 0 saturated carbocycles. The van der Waals surface area contributed by atoms with Gasteiger partial charge in [-0.25, -0.2) is 13.2 Å². The van der Waals surface area contributed by atoms with Crippen molar-refractivity contribution in [2.45, 2.75) is 18.9 Å². The summed E-state index contributed by atoms with van der Waals surface area (Å²) in [6.45, 7) is 1.29. The van der Waals surface area contributed by atoms with E-state index in [1.165, 1.54) is 18.3 Å². The van der Waals surface area contributed by atoms with Crippen LogP contribution in [0.5, 0.6) is 0 Å². The molecule has 0 spiro atoms. The van der Waals surface area contributed by atoms with Crippen molar-refractivity contribution in [3.63, 3.8) is 0 Å². The molecule has 0 aliphatic carbocycles. The standard InChI is InChI=1S/C21H18F3N3/c1-27-9-7-14(15-4-2-5-18(22)21(15)24)16-11-19(23)17(10-13(16)12-27)20-6-3-8-25-26-20/h2-6,8,10-11,14H,7,9,12H2,1H3. The third-order valence-electron chi connectivity index (χ3n) is 5.05. The van der Waals surface area contributed by atoms with E-state index in [9.17, 15) is 13.2 Å². The molecule has 4 rings (SSSR count). The van der Waals surface area contributed by atoms with Gasteiger partial charge in [0.2, 0.25) is 0 Å². The van der Waals surface area contributed by atoms with E-state index in [0.29, 0.717) is 36.3 Å². The number of nitrogens with zero attached hydrogens (tertiary/aromatic N) is 3. The van der Waals surface area contributed by atoms with Gasteiger partial charge >= 0.3 is 0 Å². The van der Waals surface area contributed by atoms with Crippen LogP contribution in [0.1, 0.15) is 29.0 Å². The minimum absolute atomic E-state index is 0.262. The van der Waals surface area contributed by atoms with Crippen LogP contribution in [0.25, 0.3) is 11.3 Å². The van der Waals surface area contributed by atoms with Gasteiger partial charge in [0.1, 0.15) is 5.82 Å². The summed E-state index contributed by atoms with van der Waals surface area (Å²) in [5, 5.41) is 7.80. The Balaban J connectivity index is 1.88. The van der Waals surface area contributed by atoms with Gasteiger partial charge in [0.05, 0.1) is 5.69 Å². The molecule has 0 amide bonds. The highest BCUT2D eigenvalue weighted by Gasteiger charge is 2.27. The van der Waals surface area contributed by atoms with Gasteiger partial charge in [-0.1, -0.05) is 12.1 Å². The summed E-state index contributed by atoms with van der Waals surface area (Å²) in [5.41, 5.74) is 2.63. The van der Waals surface area contributed by atoms with E-state index in [4.69, 9.17) is 0 Å². The average molecular weight is 369 g/mol. The fraction of sp³-hybridized carbons (Fsp3) is 0.238. The van der Waals surface area contributed by atoms with Crippen LogP contribution in [0.2, 0.25) is 0 Å². The lowest BCUT2D eigenvalue weighted by atomic mass is 9.85. The Hall–Kier alpha value is -2.73. The topological polar surface area (TPSA) is 29.0 Å². The van der Waals surface area contributed by atoms with Crippen LogP contribution < -0.4 is 0 Å². The highest BCUT2D eigenvalue weighted by atomic mass is 19.2. The molecular weight excluding hydrogens is 351 g/mol. The summed E-state index contributed by atoms with van der Waals surface area (Å²) in [6.07, 6.45) is 2.11. The quantitative estimate of drug-likeness (QED) is 0.665. The van der Waals surface area contributed by atoms with Crippen LogP contribution in [0, 0.1) is 17.5 Å². The van der Waals surface area contributed by atoms with Crippen molar-refractivity contribution in [3.8, 4) is 11.3 Å². The van der Waals surface area contributed by atoms with Crippen molar-refractivity contribution in [2.75, 3.05) is 13.6 Å². The predicted molar refractivity (Wildman–Crippen MR) is 96.6 cm³/mol. The van der Waals surface area contributed by atoms with Gasteiger partial charge in [0, 0.05) is 24.2 Å². The largest absolute Gasteiger partial charge is 0.302 e. The Morgan fingerprint density at radius 3 is 2.63 bits per heavy atom. The van der Waals surface area contributed by atoms with Gasteiger partial charge in [-0.3, -0.25) is 0 Å². The number of hydrogen-bond donors (Lipinski definition) is 0. The molecule has 1 atom stereocenters. The highest BCUT2D eigenvalue weighted by Crippen LogP contribution is 2.38. The Morgan fingerprint density at radius 1 is 1.00 bits per heavy atom. The van der Waals surface area contributed by atoms with E-state index >= 15 is 0 Å². The maximum atomic E-state index is 14.9. The van der Waals surface area contributed by atoms with Crippen molar-refractivity contribution in [1.82, 2.24) is 15.1 Å². The molecule has 2 aromatic carbocycles. The van der Waals surface area contributed by atoms with Crippen molar-refractivity contribution in [3.05, 3.63) is 82.8 Å². The third kappa shape index (κ3) is 3.32. The van der Waals surface area contributed by atoms with E-state index in [0.717, 1.165) is 11.6 Å². The molecule has 0 bridgehead atoms. The molecule has 3 aromatic rings. The zero-order chi connectivity index (χ0) is 19.0. The summed E-state index contributed by atoms with van der Waals surface area (Å²) >= 11 is 0. The second-order valence-corrected chi connectivity index (χ2v) is 6.86. The molecule has 1 aliphatic rings. The Kier molecular flexibility index (Phi) is 4.66. The van der Waals surface area contributed by atoms with Crippen molar-refractivity contribution >= 4 is 0 Å². The first-order chi connectivity index (χ1) is 13.0. The van der Waals surface area contributed by atoms with Crippen LogP contribution in [0.15, 0.2) is 48.7 Å². The lowest BCUT2D eigenvalue weighted by Gasteiger charge is -2.20. The average Bonchev–Trinajstić information content (AvgIpc) is 2.82. The van der Waals surface area contributed by atoms with Gasteiger partial charge in [-0.15, -0.1) is 0 Å². The normalized spacial score (nSPS) is 17.4. The molecule has 0 fully saturated rings. The van der Waals surface area contributed by atoms with Gasteiger partial charge in [-0.2, -0.15) is 10.2 Å². The van der Waals surface area contributed by atoms with Crippen LogP contribution in [0.4, 0.5) is 13.2 Å². The predicted octanol–water partition coefficient (Wildman–Crippen LogP) is 4.53. The van der Waals surface area contributed by atoms with Gasteiger partial charge in [0.15, 0.2) is 11.6 Å². The molecule has 0 radical (unpaired) electrons. The highest BCUT2D eigenvalue weighted by molar-refractivity contribution is 5.62. The first-order valence-electron chi connectivity index (χ1n) is 8.77. The van der Waals surface area contributed by atoms with Gasteiger partial charge in [0.25, 0.3) is 0 Å². The van der Waals surface area contributed by atoms with E-state index < -0.39 is 23.4 Å². The monoisotopic (exact) mass is 369 g/mol. The third-order valence-corrected chi connectivity index (χ3v) is 5.05. The molecule has 138 valence electrons. The van der Waals surface area contributed by atoms with Crippen molar-refractivity contribution in [1.29, 1.82) is 0 Å². The number of aromatic nitrogens is 2. The summed E-state index contributed by atoms with van der Waals surface area (Å²) < 4.78 is 43.1. The summed E-state index contributed by atoms with van der Waals surface area (Å²) in [6, 6.07) is 10.7. The maximum absolute atomic E-state index is 14.9. The van der Waals surface area contributed by atoms with Crippen molar-refractivity contribution in [2.24, 2.45) is 0 Å². The minimum Gasteiger partial charge on any atom is -0.302 e. The SMILES string of the molecule is CN1CCC(c2cccc(F)c2F)c2cc(F)c(-c3cccnn3)cc2C1. The van der Waals surface area contributed by atoms with Gasteiger partial charge in [-0.05, 0) is 67.0 Å². The lowest BCUT2D eigenvalue weighted by Crippen LogP contribution is -2.17. The number of rotatable bonds is 2. The summed E-state index contributed by atoms with van der Waals surface area (Å²) in [7, 11) is 1.96. The van der Waals surface area contributed by atoms with Crippen LogP contribution >= 0.6 is 0 Å². The first kappa shape index (κ1) is 17.7.